The Morgan fingerprint density at radius 1 is 1.22 bits per heavy atom. The van der Waals surface area contributed by atoms with Gasteiger partial charge in [0.05, 0.1) is 6.61 Å². The van der Waals surface area contributed by atoms with Crippen molar-refractivity contribution in [1.29, 1.82) is 0 Å². The van der Waals surface area contributed by atoms with E-state index in [4.69, 9.17) is 29.1 Å². The average molecular weight is 385 g/mol. The van der Waals surface area contributed by atoms with Gasteiger partial charge in [-0.05, 0) is 38.0 Å². The van der Waals surface area contributed by atoms with Crippen LogP contribution >= 0.6 is 0 Å². The molecule has 0 unspecified atom stereocenters. The number of likely N-dealkylation sites (N-methyl/N-ethyl adjacent to an activating group) is 1. The van der Waals surface area contributed by atoms with Crippen LogP contribution in [0.15, 0.2) is 0 Å². The minimum Gasteiger partial charge on any atom is -0.419 e. The largest absolute Gasteiger partial charge is 0.419 e. The van der Waals surface area contributed by atoms with Crippen LogP contribution in [0.2, 0.25) is 0 Å². The van der Waals surface area contributed by atoms with Crippen LogP contribution in [0.5, 0.6) is 0 Å². The Kier molecular flexibility index (Phi) is 4.91. The zero-order chi connectivity index (χ0) is 19.4. The molecule has 0 aromatic rings. The fourth-order valence-electron chi connectivity index (χ4n) is 5.44. The number of carbonyl (C=O) groups excluding carboxylic acids is 1. The predicted octanol–water partition coefficient (Wildman–Crippen LogP) is 2.26. The summed E-state index contributed by atoms with van der Waals surface area (Å²) in [6.07, 6.45) is 1.88. The van der Waals surface area contributed by atoms with Crippen molar-refractivity contribution in [3.63, 3.8) is 0 Å². The van der Waals surface area contributed by atoms with Gasteiger partial charge in [-0.1, -0.05) is 13.8 Å². The molecule has 4 heterocycles. The maximum absolute atomic E-state index is 12.3. The molecule has 2 bridgehead atoms. The molecule has 8 nitrogen and oxygen atoms in total. The first kappa shape index (κ1) is 19.4. The second-order valence-electron chi connectivity index (χ2n) is 8.80. The molecular weight excluding hydrogens is 354 g/mol. The molecule has 1 aliphatic carbocycles. The zero-order valence-corrected chi connectivity index (χ0v) is 16.6. The Bertz CT molecular complexity index is 588. The summed E-state index contributed by atoms with van der Waals surface area (Å²) >= 11 is 0. The van der Waals surface area contributed by atoms with Crippen molar-refractivity contribution in [1.82, 2.24) is 4.90 Å². The van der Waals surface area contributed by atoms with Gasteiger partial charge in [-0.15, -0.1) is 0 Å². The van der Waals surface area contributed by atoms with E-state index in [-0.39, 0.29) is 30.9 Å². The Morgan fingerprint density at radius 3 is 2.74 bits per heavy atom. The summed E-state index contributed by atoms with van der Waals surface area (Å²) in [7, 11) is 1.59. The monoisotopic (exact) mass is 385 g/mol. The van der Waals surface area contributed by atoms with Crippen LogP contribution in [0, 0.1) is 23.7 Å². The topological polar surface area (TPSA) is 86.7 Å². The number of ether oxygens (including phenoxy) is 3. The summed E-state index contributed by atoms with van der Waals surface area (Å²) in [5.74, 6) is -0.0254. The molecule has 0 aromatic carbocycles. The highest BCUT2D eigenvalue weighted by molar-refractivity contribution is 5.67. The number of hydrogen-bond acceptors (Lipinski definition) is 7. The van der Waals surface area contributed by atoms with Crippen LogP contribution in [0.25, 0.3) is 0 Å². The molecule has 1 spiro atoms. The third-order valence-electron chi connectivity index (χ3n) is 7.06. The lowest BCUT2D eigenvalue weighted by atomic mass is 9.58. The molecule has 1 N–H and O–H groups in total. The minimum absolute atomic E-state index is 0.0580. The molecule has 5 fully saturated rings. The Labute approximate surface area is 159 Å². The summed E-state index contributed by atoms with van der Waals surface area (Å²) in [6, 6.07) is 0. The van der Waals surface area contributed by atoms with Crippen LogP contribution in [0.4, 0.5) is 4.79 Å². The molecule has 8 atom stereocenters. The average Bonchev–Trinajstić information content (AvgIpc) is 2.85. The molecule has 8 heteroatoms. The van der Waals surface area contributed by atoms with E-state index in [1.165, 1.54) is 4.90 Å². The molecule has 5 aliphatic rings. The van der Waals surface area contributed by atoms with Gasteiger partial charge in [0, 0.05) is 31.8 Å². The van der Waals surface area contributed by atoms with Crippen LogP contribution in [0.1, 0.15) is 46.5 Å². The van der Waals surface area contributed by atoms with Gasteiger partial charge in [-0.2, -0.15) is 0 Å². The van der Waals surface area contributed by atoms with Crippen LogP contribution in [-0.2, 0) is 24.0 Å². The number of hydrogen-bond donors (Lipinski definition) is 1. The maximum atomic E-state index is 12.3. The lowest BCUT2D eigenvalue weighted by molar-refractivity contribution is -0.576. The van der Waals surface area contributed by atoms with Gasteiger partial charge in [0.2, 0.25) is 12.1 Å². The number of nitrogens with zero attached hydrogens (tertiary/aromatic N) is 1. The van der Waals surface area contributed by atoms with Gasteiger partial charge < -0.3 is 24.2 Å². The molecule has 0 radical (unpaired) electrons. The number of fused-ring (bicyclic) bond motifs is 2. The maximum Gasteiger partial charge on any atom is 0.411 e. The van der Waals surface area contributed by atoms with E-state index in [1.807, 2.05) is 13.8 Å². The van der Waals surface area contributed by atoms with Gasteiger partial charge in [0.25, 0.3) is 0 Å². The van der Waals surface area contributed by atoms with Gasteiger partial charge in [0.15, 0.2) is 11.9 Å². The molecule has 0 aromatic heterocycles. The number of carbonyl (C=O) groups is 1. The van der Waals surface area contributed by atoms with Gasteiger partial charge in [-0.25, -0.2) is 14.6 Å². The number of amides is 1. The molecule has 1 saturated carbocycles. The highest BCUT2D eigenvalue weighted by atomic mass is 17.3. The van der Waals surface area contributed by atoms with Crippen LogP contribution in [0.3, 0.4) is 0 Å². The van der Waals surface area contributed by atoms with E-state index < -0.39 is 30.1 Å². The van der Waals surface area contributed by atoms with Crippen molar-refractivity contribution < 1.29 is 33.9 Å². The SMILES string of the molecule is C[C@H]1[C@@H](OC(=O)N(C)CCO)O[C@@H]2O[C@@]3(C)CC[C@H]4[C@H](C)CC[C@@H]1[C@@]24OO3. The van der Waals surface area contributed by atoms with Crippen LogP contribution < -0.4 is 0 Å². The lowest BCUT2D eigenvalue weighted by Gasteiger charge is -2.59. The van der Waals surface area contributed by atoms with Crippen molar-refractivity contribution in [2.75, 3.05) is 20.2 Å². The normalized spacial score (nSPS) is 48.5. The molecule has 154 valence electrons. The molecule has 27 heavy (non-hydrogen) atoms. The summed E-state index contributed by atoms with van der Waals surface area (Å²) < 4.78 is 18.1. The van der Waals surface area contributed by atoms with Crippen molar-refractivity contribution in [2.45, 2.75) is 70.4 Å². The summed E-state index contributed by atoms with van der Waals surface area (Å²) in [6.45, 7) is 6.26. The quantitative estimate of drug-likeness (QED) is 0.746. The second-order valence-corrected chi connectivity index (χ2v) is 8.80. The summed E-state index contributed by atoms with van der Waals surface area (Å²) in [5.41, 5.74) is -0.660. The first-order valence-electron chi connectivity index (χ1n) is 10.0. The predicted molar refractivity (Wildman–Crippen MR) is 93.0 cm³/mol. The van der Waals surface area contributed by atoms with E-state index in [9.17, 15) is 4.79 Å². The number of aliphatic hydroxyl groups is 1. The highest BCUT2D eigenvalue weighted by Crippen LogP contribution is 2.60. The third-order valence-corrected chi connectivity index (χ3v) is 7.06. The molecule has 4 saturated heterocycles. The lowest BCUT2D eigenvalue weighted by Crippen LogP contribution is -2.70. The van der Waals surface area contributed by atoms with E-state index in [2.05, 4.69) is 6.92 Å². The Hall–Kier alpha value is -0.930. The van der Waals surface area contributed by atoms with Gasteiger partial charge in [0.1, 0.15) is 0 Å². The van der Waals surface area contributed by atoms with E-state index in [0.29, 0.717) is 5.92 Å². The third kappa shape index (κ3) is 2.97. The molecular formula is C19H31NO7. The van der Waals surface area contributed by atoms with E-state index in [0.717, 1.165) is 25.7 Å². The fourth-order valence-corrected chi connectivity index (χ4v) is 5.44. The van der Waals surface area contributed by atoms with Gasteiger partial charge in [-0.3, -0.25) is 0 Å². The standard InChI is InChI=1S/C19H31NO7/c1-11-5-6-14-12(2)15(24-17(22)20(4)9-10-21)23-16-19(14)13(11)7-8-18(3,25-16)26-27-19/h11-16,21H,5-10H2,1-4H3/t11-,12-,13+,14+,15-,16-,18-,19-/m1/s1. The number of aliphatic hydroxyl groups excluding tert-OH is 1. The Balaban J connectivity index is 1.61. The number of rotatable bonds is 3. The summed E-state index contributed by atoms with van der Waals surface area (Å²) in [5, 5.41) is 9.04. The first-order valence-corrected chi connectivity index (χ1v) is 10.0. The van der Waals surface area contributed by atoms with Crippen molar-refractivity contribution in [3.05, 3.63) is 0 Å². The second kappa shape index (κ2) is 6.84. The zero-order valence-electron chi connectivity index (χ0n) is 16.6. The fraction of sp³-hybridized carbons (Fsp3) is 0.947. The summed E-state index contributed by atoms with van der Waals surface area (Å²) in [4.78, 5) is 25.5. The molecule has 5 rings (SSSR count). The van der Waals surface area contributed by atoms with Crippen molar-refractivity contribution in [3.8, 4) is 0 Å². The van der Waals surface area contributed by atoms with Crippen molar-refractivity contribution in [2.24, 2.45) is 23.7 Å². The first-order chi connectivity index (χ1) is 12.8. The van der Waals surface area contributed by atoms with E-state index >= 15 is 0 Å². The highest BCUT2D eigenvalue weighted by Gasteiger charge is 2.69. The molecule has 4 aliphatic heterocycles. The van der Waals surface area contributed by atoms with E-state index in [1.54, 1.807) is 7.05 Å². The molecule has 1 amide bonds. The minimum atomic E-state index is -0.847. The van der Waals surface area contributed by atoms with Crippen molar-refractivity contribution >= 4 is 6.09 Å². The van der Waals surface area contributed by atoms with Gasteiger partial charge >= 0.3 is 6.09 Å². The Morgan fingerprint density at radius 2 is 2.00 bits per heavy atom. The van der Waals surface area contributed by atoms with Crippen LogP contribution in [-0.4, -0.2) is 60.3 Å². The smallest absolute Gasteiger partial charge is 0.411 e.